The van der Waals surface area contributed by atoms with E-state index in [1.54, 1.807) is 6.20 Å². The molecule has 3 aromatic rings. The molecule has 1 N–H and O–H groups in total. The van der Waals surface area contributed by atoms with Gasteiger partial charge in [0.05, 0.1) is 5.52 Å². The van der Waals surface area contributed by atoms with Gasteiger partial charge in [0.25, 0.3) is 0 Å². The lowest BCUT2D eigenvalue weighted by Gasteiger charge is -2.13. The van der Waals surface area contributed by atoms with Crippen LogP contribution in [0.3, 0.4) is 0 Å². The maximum absolute atomic E-state index is 4.68. The Kier molecular flexibility index (Phi) is 3.57. The number of hydrogen-bond acceptors (Lipinski definition) is 3. The fourth-order valence-electron chi connectivity index (χ4n) is 2.66. The highest BCUT2D eigenvalue weighted by Gasteiger charge is 2.07. The molecule has 3 rings (SSSR count). The lowest BCUT2D eigenvalue weighted by molar-refractivity contribution is 1.11. The Hall–Kier alpha value is -2.42. The Bertz CT molecular complexity index is 779. The molecule has 0 saturated heterocycles. The van der Waals surface area contributed by atoms with E-state index >= 15 is 0 Å². The maximum Gasteiger partial charge on any atom is 0.0755 e. The van der Waals surface area contributed by atoms with Crippen molar-refractivity contribution >= 4 is 16.6 Å². The summed E-state index contributed by atoms with van der Waals surface area (Å²) in [4.78, 5) is 8.83. The van der Waals surface area contributed by atoms with Crippen molar-refractivity contribution in [2.45, 2.75) is 27.3 Å². The monoisotopic (exact) mass is 277 g/mol. The van der Waals surface area contributed by atoms with Crippen molar-refractivity contribution in [1.29, 1.82) is 0 Å². The molecule has 21 heavy (non-hydrogen) atoms. The molecule has 0 unspecified atom stereocenters. The van der Waals surface area contributed by atoms with Gasteiger partial charge in [-0.1, -0.05) is 17.7 Å². The number of rotatable bonds is 3. The average Bonchev–Trinajstić information content (AvgIpc) is 2.47. The van der Waals surface area contributed by atoms with Crippen LogP contribution < -0.4 is 5.32 Å². The van der Waals surface area contributed by atoms with E-state index in [0.717, 1.165) is 23.4 Å². The molecule has 0 spiro atoms. The molecule has 0 bridgehead atoms. The summed E-state index contributed by atoms with van der Waals surface area (Å²) in [6.07, 6.45) is 3.68. The van der Waals surface area contributed by atoms with Crippen LogP contribution in [0, 0.1) is 20.8 Å². The third-order valence-corrected chi connectivity index (χ3v) is 3.58. The van der Waals surface area contributed by atoms with Crippen molar-refractivity contribution in [1.82, 2.24) is 9.97 Å². The second kappa shape index (κ2) is 5.52. The van der Waals surface area contributed by atoms with Gasteiger partial charge in [-0.15, -0.1) is 0 Å². The number of pyridine rings is 2. The molecule has 0 aliphatic rings. The number of hydrogen-bond donors (Lipinski definition) is 1. The Morgan fingerprint density at radius 3 is 2.71 bits per heavy atom. The van der Waals surface area contributed by atoms with Gasteiger partial charge in [0.1, 0.15) is 0 Å². The van der Waals surface area contributed by atoms with Gasteiger partial charge in [-0.2, -0.15) is 0 Å². The third kappa shape index (κ3) is 2.87. The highest BCUT2D eigenvalue weighted by Crippen LogP contribution is 2.27. The Balaban J connectivity index is 2.01. The first-order valence-electron chi connectivity index (χ1n) is 7.15. The normalized spacial score (nSPS) is 10.8. The van der Waals surface area contributed by atoms with E-state index in [-0.39, 0.29) is 0 Å². The van der Waals surface area contributed by atoms with Crippen molar-refractivity contribution in [3.8, 4) is 0 Å². The Morgan fingerprint density at radius 2 is 1.95 bits per heavy atom. The van der Waals surface area contributed by atoms with Gasteiger partial charge in [0, 0.05) is 35.7 Å². The molecule has 0 fully saturated rings. The SMILES string of the molecule is Cc1cc(C)c2nc(C)cc(NCc3cccnc3)c2c1. The summed E-state index contributed by atoms with van der Waals surface area (Å²) in [5.74, 6) is 0. The molecular weight excluding hydrogens is 258 g/mol. The minimum absolute atomic E-state index is 0.763. The number of nitrogens with zero attached hydrogens (tertiary/aromatic N) is 2. The van der Waals surface area contributed by atoms with Crippen molar-refractivity contribution in [2.24, 2.45) is 0 Å². The van der Waals surface area contributed by atoms with E-state index in [9.17, 15) is 0 Å². The molecule has 2 heterocycles. The highest BCUT2D eigenvalue weighted by molar-refractivity contribution is 5.93. The largest absolute Gasteiger partial charge is 0.380 e. The van der Waals surface area contributed by atoms with Crippen LogP contribution in [0.15, 0.2) is 42.7 Å². The number of anilines is 1. The van der Waals surface area contributed by atoms with Crippen LogP contribution in [0.4, 0.5) is 5.69 Å². The predicted octanol–water partition coefficient (Wildman–Crippen LogP) is 4.17. The number of aromatic nitrogens is 2. The summed E-state index contributed by atoms with van der Waals surface area (Å²) in [6, 6.07) is 10.5. The standard InChI is InChI=1S/C18H19N3/c1-12-7-13(2)18-16(8-12)17(9-14(3)21-18)20-11-15-5-4-6-19-10-15/h4-10H,11H2,1-3H3,(H,20,21). The molecule has 0 aliphatic heterocycles. The molecule has 2 aromatic heterocycles. The fourth-order valence-corrected chi connectivity index (χ4v) is 2.66. The van der Waals surface area contributed by atoms with Crippen molar-refractivity contribution in [3.63, 3.8) is 0 Å². The molecule has 0 amide bonds. The maximum atomic E-state index is 4.68. The quantitative estimate of drug-likeness (QED) is 0.781. The van der Waals surface area contributed by atoms with Gasteiger partial charge in [-0.3, -0.25) is 9.97 Å². The van der Waals surface area contributed by atoms with Crippen molar-refractivity contribution in [3.05, 3.63) is 65.1 Å². The summed E-state index contributed by atoms with van der Waals surface area (Å²) in [5.41, 5.74) is 6.89. The number of aryl methyl sites for hydroxylation is 3. The minimum atomic E-state index is 0.763. The van der Waals surface area contributed by atoms with Gasteiger partial charge in [0.15, 0.2) is 0 Å². The highest BCUT2D eigenvalue weighted by atomic mass is 14.9. The van der Waals surface area contributed by atoms with Crippen molar-refractivity contribution in [2.75, 3.05) is 5.32 Å². The van der Waals surface area contributed by atoms with Crippen LogP contribution in [0.1, 0.15) is 22.4 Å². The molecule has 0 radical (unpaired) electrons. The first-order valence-corrected chi connectivity index (χ1v) is 7.15. The first kappa shape index (κ1) is 13.6. The third-order valence-electron chi connectivity index (χ3n) is 3.58. The van der Waals surface area contributed by atoms with Crippen LogP contribution in [0.5, 0.6) is 0 Å². The van der Waals surface area contributed by atoms with Crippen molar-refractivity contribution < 1.29 is 0 Å². The summed E-state index contributed by atoms with van der Waals surface area (Å²) in [5, 5.41) is 4.70. The summed E-state index contributed by atoms with van der Waals surface area (Å²) in [7, 11) is 0. The van der Waals surface area contributed by atoms with Gasteiger partial charge in [-0.05, 0) is 50.1 Å². The zero-order valence-corrected chi connectivity index (χ0v) is 12.6. The smallest absolute Gasteiger partial charge is 0.0755 e. The van der Waals surface area contributed by atoms with E-state index in [1.165, 1.54) is 22.1 Å². The summed E-state index contributed by atoms with van der Waals surface area (Å²) in [6.45, 7) is 7.04. The predicted molar refractivity (Wildman–Crippen MR) is 87.5 cm³/mol. The molecular formula is C18H19N3. The first-order chi connectivity index (χ1) is 10.1. The zero-order chi connectivity index (χ0) is 14.8. The van der Waals surface area contributed by atoms with E-state index in [4.69, 9.17) is 0 Å². The molecule has 106 valence electrons. The second-order valence-electron chi connectivity index (χ2n) is 5.50. The molecule has 3 nitrogen and oxygen atoms in total. The Labute approximate surface area is 125 Å². The molecule has 3 heteroatoms. The van der Waals surface area contributed by atoms with E-state index in [2.05, 4.69) is 53.4 Å². The van der Waals surface area contributed by atoms with Gasteiger partial charge in [-0.25, -0.2) is 0 Å². The van der Waals surface area contributed by atoms with E-state index < -0.39 is 0 Å². The van der Waals surface area contributed by atoms with E-state index in [1.807, 2.05) is 19.2 Å². The van der Waals surface area contributed by atoms with Crippen LogP contribution in [0.25, 0.3) is 10.9 Å². The van der Waals surface area contributed by atoms with Crippen LogP contribution in [-0.2, 0) is 6.54 Å². The number of nitrogens with one attached hydrogen (secondary N) is 1. The topological polar surface area (TPSA) is 37.8 Å². The lowest BCUT2D eigenvalue weighted by Crippen LogP contribution is -2.02. The fraction of sp³-hybridized carbons (Fsp3) is 0.222. The van der Waals surface area contributed by atoms with Gasteiger partial charge < -0.3 is 5.32 Å². The molecule has 0 saturated carbocycles. The summed E-state index contributed by atoms with van der Waals surface area (Å²) < 4.78 is 0. The second-order valence-corrected chi connectivity index (χ2v) is 5.50. The summed E-state index contributed by atoms with van der Waals surface area (Å²) >= 11 is 0. The van der Waals surface area contributed by atoms with E-state index in [0.29, 0.717) is 0 Å². The van der Waals surface area contributed by atoms with Crippen LogP contribution in [-0.4, -0.2) is 9.97 Å². The van der Waals surface area contributed by atoms with Gasteiger partial charge >= 0.3 is 0 Å². The molecule has 0 atom stereocenters. The number of benzene rings is 1. The van der Waals surface area contributed by atoms with Crippen LogP contribution >= 0.6 is 0 Å². The molecule has 0 aliphatic carbocycles. The zero-order valence-electron chi connectivity index (χ0n) is 12.6. The minimum Gasteiger partial charge on any atom is -0.380 e. The molecule has 1 aromatic carbocycles. The van der Waals surface area contributed by atoms with Gasteiger partial charge in [0.2, 0.25) is 0 Å². The Morgan fingerprint density at radius 1 is 1.10 bits per heavy atom. The average molecular weight is 277 g/mol. The lowest BCUT2D eigenvalue weighted by atomic mass is 10.0. The van der Waals surface area contributed by atoms with Crippen LogP contribution in [0.2, 0.25) is 0 Å². The number of fused-ring (bicyclic) bond motifs is 1.